The van der Waals surface area contributed by atoms with Gasteiger partial charge in [-0.25, -0.2) is 29.9 Å². The lowest BCUT2D eigenvalue weighted by molar-refractivity contribution is -0.384. The zero-order valence-corrected chi connectivity index (χ0v) is 77.6. The molecule has 0 radical (unpaired) electrons. The number of nitrogens with zero attached hydrogens (tertiary/aromatic N) is 21. The molecule has 0 aliphatic carbocycles. The van der Waals surface area contributed by atoms with Crippen molar-refractivity contribution in [1.82, 2.24) is 39.9 Å². The molecule has 18 aromatic rings. The monoisotopic (exact) mass is 1960 g/mol. The number of allylic oxidation sites excluding steroid dienone is 1. The van der Waals surface area contributed by atoms with E-state index in [0.717, 1.165) is 88.9 Å². The predicted octanol–water partition coefficient (Wildman–Crippen LogP) is 16.9. The normalized spacial score (nSPS) is 12.6. The molecular formula is C93H80BrN33O2S6. The quantitative estimate of drug-likeness (QED) is 0.0196. The second-order valence-electron chi connectivity index (χ2n) is 27.5. The largest absolute Gasteiger partial charge is 0.383 e. The first-order valence-electron chi connectivity index (χ1n) is 39.9. The number of nitro groups is 1. The van der Waals surface area contributed by atoms with Crippen molar-refractivity contribution in [2.24, 2.45) is 129 Å². The van der Waals surface area contributed by atoms with E-state index < -0.39 is 4.92 Å². The molecule has 24 N–H and O–H groups in total. The Morgan fingerprint density at radius 3 is 1.08 bits per heavy atom. The fraction of sp³-hybridized carbons (Fsp3) is 0.0108. The van der Waals surface area contributed by atoms with Gasteiger partial charge in [-0.2, -0.15) is 59.9 Å². The first kappa shape index (κ1) is 95.4. The summed E-state index contributed by atoms with van der Waals surface area (Å²) < 4.78 is 6.11. The average Bonchev–Trinajstić information content (AvgIpc) is 1.73. The molecule has 0 aliphatic rings. The highest BCUT2D eigenvalue weighted by Gasteiger charge is 2.15. The van der Waals surface area contributed by atoms with Crippen molar-refractivity contribution in [3.8, 4) is 11.3 Å². The summed E-state index contributed by atoms with van der Waals surface area (Å²) in [7, 11) is 0. The van der Waals surface area contributed by atoms with Crippen LogP contribution in [0.3, 0.4) is 0 Å². The van der Waals surface area contributed by atoms with Gasteiger partial charge in [0.15, 0.2) is 5.84 Å². The van der Waals surface area contributed by atoms with Crippen LogP contribution in [0.25, 0.3) is 67.9 Å². The predicted molar refractivity (Wildman–Crippen MR) is 561 cm³/mol. The maximum atomic E-state index is 10.9. The van der Waals surface area contributed by atoms with E-state index >= 15 is 0 Å². The minimum absolute atomic E-state index is 0.000278. The number of para-hydroxylation sites is 5. The van der Waals surface area contributed by atoms with Crippen molar-refractivity contribution in [2.75, 3.05) is 0 Å². The first-order valence-corrected chi connectivity index (χ1v) is 45.6. The summed E-state index contributed by atoms with van der Waals surface area (Å²) >= 11 is 11.9. The summed E-state index contributed by atoms with van der Waals surface area (Å²) in [4.78, 5) is 94.4. The molecule has 0 spiro atoms. The third-order valence-electron chi connectivity index (χ3n) is 17.8. The molecular weight excluding hydrogens is 1880 g/mol. The summed E-state index contributed by atoms with van der Waals surface area (Å²) in [6.07, 6.45) is 4.91. The SMILES string of the molecule is C=C(C)c1cccc(C(N)=NC(N)=Nc2nc3ccccc3s2)c1.NC(=Nc1nc(-c2cccc([N+](=O)[O-])c2)cs1)N=C(N)c1ccccc1.NC(=Nc1nc2ccccc2s1)N=C(N)c1ccccc1.NC(=Nc1nc2ccccc2s1)N=C(N)c1ccccc1Br.NC(=Nc1nc2ccccc2s1)N=C(N)c1ccccn1.NC(=Nc1nc2ccccc2s1)N=C(N)c1cccnc1. The number of guanidine groups is 6. The van der Waals surface area contributed by atoms with Crippen molar-refractivity contribution in [1.29, 1.82) is 0 Å². The lowest BCUT2D eigenvalue weighted by Gasteiger charge is -2.04. The fourth-order valence-corrected chi connectivity index (χ4v) is 16.9. The Bertz CT molecular complexity index is 7130. The third-order valence-corrected chi connectivity index (χ3v) is 23.8. The van der Waals surface area contributed by atoms with Gasteiger partial charge in [0, 0.05) is 74.0 Å². The van der Waals surface area contributed by atoms with Crippen LogP contribution < -0.4 is 68.8 Å². The van der Waals surface area contributed by atoms with Crippen molar-refractivity contribution in [2.45, 2.75) is 6.92 Å². The minimum Gasteiger partial charge on any atom is -0.383 e. The van der Waals surface area contributed by atoms with Gasteiger partial charge >= 0.3 is 0 Å². The number of nitrogens with two attached hydrogens (primary N) is 12. The molecule has 8 heterocycles. The Balaban J connectivity index is 0.000000137. The lowest BCUT2D eigenvalue weighted by atomic mass is 10.1. The molecule has 0 bridgehead atoms. The van der Waals surface area contributed by atoms with Gasteiger partial charge in [-0.3, -0.25) is 20.1 Å². The van der Waals surface area contributed by atoms with Gasteiger partial charge in [-0.15, -0.1) is 11.3 Å². The molecule has 42 heteroatoms. The molecule has 0 amide bonds. The smallest absolute Gasteiger partial charge is 0.270 e. The average molecular weight is 1960 g/mol. The summed E-state index contributed by atoms with van der Waals surface area (Å²) in [5, 5.41) is 15.8. The van der Waals surface area contributed by atoms with E-state index in [1.165, 1.54) is 80.2 Å². The number of hydrogen-bond donors (Lipinski definition) is 12. The lowest BCUT2D eigenvalue weighted by Crippen LogP contribution is -2.20. The molecule has 10 aromatic carbocycles. The molecule has 0 atom stereocenters. The number of aliphatic imine (C=N–C) groups is 12. The van der Waals surface area contributed by atoms with Gasteiger partial charge in [0.1, 0.15) is 34.9 Å². The molecule has 0 aliphatic heterocycles. The standard InChI is InChI=1S/C18H17N5S.C17H14N6O2S.C15H12BrN5S.C15H13N5S.2C14H12N6S/c1-11(2)12-6-5-7-13(10-12)16(19)22-17(20)23-18-21-14-8-3-4-9-15(14)24-18;18-15(11-5-2-1-3-6-11)21-16(19)22-17-20-14(10-26-17)12-7-4-8-13(9-12)23(24)25;16-10-6-2-1-5-9(10)13(17)20-14(18)21-15-19-11-7-3-4-8-12(11)22-15;16-13(10-6-2-1-3-7-10)19-14(17)20-15-18-11-8-4-5-9-12(11)21-15;15-12(10-6-3-4-8-17-10)19-13(16)20-14-18-9-5-1-2-7-11(9)21-14;15-12(9-4-3-7-17-8-9)19-13(16)20-14-18-10-5-1-2-6-11(10)21-14/h3-10H,1H2,2H3,(H4,19,20,21,22,23);1-10H,(H4,18,19,20,21,22);1-8H,(H4,17,18,19,20,21);1-9H,(H4,16,17,18,19,20);2*1-8H,(H4,15,16,18,19,20). The summed E-state index contributed by atoms with van der Waals surface area (Å²) in [6.45, 7) is 5.87. The molecule has 135 heavy (non-hydrogen) atoms. The number of aromatic nitrogens is 8. The van der Waals surface area contributed by atoms with E-state index in [0.29, 0.717) is 70.8 Å². The molecule has 18 rings (SSSR count). The van der Waals surface area contributed by atoms with Crippen molar-refractivity contribution < 1.29 is 4.92 Å². The molecule has 0 saturated heterocycles. The van der Waals surface area contributed by atoms with Crippen LogP contribution in [-0.2, 0) is 0 Å². The van der Waals surface area contributed by atoms with Crippen LogP contribution in [0.2, 0.25) is 0 Å². The number of nitro benzene ring substituents is 1. The number of non-ortho nitro benzene ring substituents is 1. The number of amidine groups is 6. The number of benzene rings is 10. The highest BCUT2D eigenvalue weighted by Crippen LogP contribution is 2.34. The third kappa shape index (κ3) is 28.2. The molecule has 35 nitrogen and oxygen atoms in total. The van der Waals surface area contributed by atoms with Gasteiger partial charge in [0.2, 0.25) is 66.5 Å². The van der Waals surface area contributed by atoms with E-state index in [1.54, 1.807) is 60.4 Å². The number of hydrogen-bond acceptors (Lipinski definition) is 22. The van der Waals surface area contributed by atoms with Gasteiger partial charge < -0.3 is 68.8 Å². The zero-order valence-electron chi connectivity index (χ0n) is 71.1. The number of fused-ring (bicyclic) bond motifs is 5. The maximum Gasteiger partial charge on any atom is 0.270 e. The number of rotatable bonds is 15. The van der Waals surface area contributed by atoms with Crippen molar-refractivity contribution in [3.63, 3.8) is 0 Å². The van der Waals surface area contributed by atoms with Gasteiger partial charge in [0.05, 0.1) is 61.7 Å². The van der Waals surface area contributed by atoms with E-state index in [2.05, 4.69) is 122 Å². The number of halogens is 1. The molecule has 0 saturated carbocycles. The molecule has 8 aromatic heterocycles. The van der Waals surface area contributed by atoms with Crippen molar-refractivity contribution >= 4 is 248 Å². The van der Waals surface area contributed by atoms with Crippen LogP contribution in [0.1, 0.15) is 46.0 Å². The second kappa shape index (κ2) is 46.9. The van der Waals surface area contributed by atoms with Gasteiger partial charge in [0.25, 0.3) is 5.69 Å². The molecule has 0 fully saturated rings. The maximum absolute atomic E-state index is 10.9. The van der Waals surface area contributed by atoms with E-state index in [9.17, 15) is 10.1 Å². The van der Waals surface area contributed by atoms with Crippen molar-refractivity contribution in [3.05, 3.63) is 369 Å². The Hall–Kier alpha value is -17.2. The fourth-order valence-electron chi connectivity index (χ4n) is 11.5. The zero-order chi connectivity index (χ0) is 95.1. The van der Waals surface area contributed by atoms with Crippen LogP contribution in [0.15, 0.2) is 380 Å². The van der Waals surface area contributed by atoms with Crippen LogP contribution in [0.4, 0.5) is 36.5 Å². The van der Waals surface area contributed by atoms with Crippen LogP contribution in [0, 0.1) is 10.1 Å². The second-order valence-corrected chi connectivity index (χ2v) is 34.2. The Kier molecular flexibility index (Phi) is 33.2. The minimum atomic E-state index is -0.450. The van der Waals surface area contributed by atoms with Crippen LogP contribution >= 0.6 is 84.0 Å². The highest BCUT2D eigenvalue weighted by molar-refractivity contribution is 9.10. The Labute approximate surface area is 802 Å². The summed E-state index contributed by atoms with van der Waals surface area (Å²) in [5.74, 6) is 2.02. The van der Waals surface area contributed by atoms with Gasteiger partial charge in [-0.05, 0) is 110 Å². The van der Waals surface area contributed by atoms with E-state index in [4.69, 9.17) is 68.8 Å². The topological polar surface area (TPSA) is 607 Å². The van der Waals surface area contributed by atoms with Gasteiger partial charge in [-0.1, -0.05) is 261 Å². The molecule has 0 unspecified atom stereocenters. The van der Waals surface area contributed by atoms with E-state index in [1.807, 2.05) is 244 Å². The highest BCUT2D eigenvalue weighted by atomic mass is 79.9. The number of thiazole rings is 6. The first-order chi connectivity index (χ1) is 65.3. The van der Waals surface area contributed by atoms with Crippen LogP contribution in [-0.4, -0.2) is 116 Å². The summed E-state index contributed by atoms with van der Waals surface area (Å²) in [6, 6.07) is 88.0. The van der Waals surface area contributed by atoms with Crippen LogP contribution in [0.5, 0.6) is 0 Å². The Morgan fingerprint density at radius 2 is 0.689 bits per heavy atom. The molecule has 672 valence electrons. The summed E-state index contributed by atoms with van der Waals surface area (Å²) in [5.41, 5.74) is 82.4. The van der Waals surface area contributed by atoms with E-state index in [-0.39, 0.29) is 59.0 Å². The Morgan fingerprint density at radius 1 is 0.341 bits per heavy atom. The number of pyridine rings is 2.